The van der Waals surface area contributed by atoms with Crippen molar-refractivity contribution in [2.24, 2.45) is 5.41 Å². The lowest BCUT2D eigenvalue weighted by molar-refractivity contribution is 0.111. The van der Waals surface area contributed by atoms with Crippen LogP contribution in [0.3, 0.4) is 0 Å². The maximum atomic E-state index is 6.62. The molecule has 0 spiro atoms. The van der Waals surface area contributed by atoms with Crippen LogP contribution in [0, 0.1) is 12.3 Å². The fourth-order valence-electron chi connectivity index (χ4n) is 5.62. The lowest BCUT2D eigenvalue weighted by Crippen LogP contribution is -2.39. The highest BCUT2D eigenvalue weighted by atomic mass is 16.7. The summed E-state index contributed by atoms with van der Waals surface area (Å²) in [7, 11) is 0. The molecule has 5 heteroatoms. The number of rotatable bonds is 7. The summed E-state index contributed by atoms with van der Waals surface area (Å²) in [6, 6.07) is 14.5. The molecular weight excluding hydrogens is 448 g/mol. The summed E-state index contributed by atoms with van der Waals surface area (Å²) in [6.45, 7) is 14.5. The molecule has 1 saturated heterocycles. The van der Waals surface area contributed by atoms with E-state index in [1.807, 2.05) is 18.2 Å². The molecule has 0 unspecified atom stereocenters. The third kappa shape index (κ3) is 5.08. The first-order valence-corrected chi connectivity index (χ1v) is 13.3. The predicted octanol–water partition coefficient (Wildman–Crippen LogP) is 7.32. The van der Waals surface area contributed by atoms with Crippen LogP contribution in [0.2, 0.25) is 0 Å². The molecule has 190 valence electrons. The van der Waals surface area contributed by atoms with Crippen molar-refractivity contribution in [1.29, 1.82) is 0 Å². The van der Waals surface area contributed by atoms with Gasteiger partial charge in [0.1, 0.15) is 11.5 Å². The van der Waals surface area contributed by atoms with Crippen LogP contribution in [0.15, 0.2) is 42.5 Å². The minimum absolute atomic E-state index is 0.251. The molecule has 1 aromatic heterocycles. The Kier molecular flexibility index (Phi) is 6.94. The predicted molar refractivity (Wildman–Crippen MR) is 144 cm³/mol. The van der Waals surface area contributed by atoms with Crippen molar-refractivity contribution in [2.45, 2.75) is 66.8 Å². The molecule has 0 atom stereocenters. The monoisotopic (exact) mass is 486 g/mol. The zero-order valence-electron chi connectivity index (χ0n) is 22.3. The van der Waals surface area contributed by atoms with Crippen LogP contribution < -0.4 is 14.2 Å². The van der Waals surface area contributed by atoms with Gasteiger partial charge in [-0.15, -0.1) is 0 Å². The lowest BCUT2D eigenvalue weighted by Gasteiger charge is -2.38. The van der Waals surface area contributed by atoms with Gasteiger partial charge in [-0.05, 0) is 67.8 Å². The molecule has 5 rings (SSSR count). The van der Waals surface area contributed by atoms with Gasteiger partial charge in [-0.2, -0.15) is 0 Å². The van der Waals surface area contributed by atoms with E-state index in [0.717, 1.165) is 72.4 Å². The number of piperidine rings is 1. The van der Waals surface area contributed by atoms with Crippen molar-refractivity contribution < 1.29 is 14.2 Å². The molecule has 0 bridgehead atoms. The average Bonchev–Trinajstić information content (AvgIpc) is 3.32. The Morgan fingerprint density at radius 2 is 1.75 bits per heavy atom. The first kappa shape index (κ1) is 24.6. The van der Waals surface area contributed by atoms with E-state index in [4.69, 9.17) is 19.2 Å². The molecule has 3 heterocycles. The van der Waals surface area contributed by atoms with Gasteiger partial charge >= 0.3 is 0 Å². The molecule has 2 aromatic carbocycles. The first-order valence-electron chi connectivity index (χ1n) is 13.3. The number of aryl methyl sites for hydroxylation is 3. The summed E-state index contributed by atoms with van der Waals surface area (Å²) in [5.41, 5.74) is 7.38. The highest BCUT2D eigenvalue weighted by molar-refractivity contribution is 5.70. The summed E-state index contributed by atoms with van der Waals surface area (Å²) < 4.78 is 17.7. The van der Waals surface area contributed by atoms with Crippen LogP contribution in [0.1, 0.15) is 62.9 Å². The molecule has 0 amide bonds. The van der Waals surface area contributed by atoms with E-state index in [1.165, 1.54) is 29.5 Å². The van der Waals surface area contributed by atoms with Crippen LogP contribution in [-0.2, 0) is 19.4 Å². The van der Waals surface area contributed by atoms with Gasteiger partial charge in [0.2, 0.25) is 6.79 Å². The van der Waals surface area contributed by atoms with E-state index in [9.17, 15) is 0 Å². The lowest BCUT2D eigenvalue weighted by atomic mass is 9.84. The Balaban J connectivity index is 1.58. The highest BCUT2D eigenvalue weighted by Gasteiger charge is 2.28. The molecule has 3 aromatic rings. The van der Waals surface area contributed by atoms with E-state index in [0.29, 0.717) is 5.41 Å². The van der Waals surface area contributed by atoms with Crippen molar-refractivity contribution in [3.05, 3.63) is 64.8 Å². The van der Waals surface area contributed by atoms with Gasteiger partial charge in [0, 0.05) is 42.0 Å². The van der Waals surface area contributed by atoms with Gasteiger partial charge in [0.05, 0.1) is 5.69 Å². The molecule has 0 N–H and O–H groups in total. The highest BCUT2D eigenvalue weighted by Crippen LogP contribution is 2.40. The number of pyridine rings is 1. The van der Waals surface area contributed by atoms with E-state index in [1.54, 1.807) is 0 Å². The summed E-state index contributed by atoms with van der Waals surface area (Å²) in [4.78, 5) is 7.72. The molecule has 2 aliphatic rings. The summed E-state index contributed by atoms with van der Waals surface area (Å²) in [6.07, 6.45) is 4.42. The van der Waals surface area contributed by atoms with Gasteiger partial charge in [-0.25, -0.2) is 0 Å². The molecule has 5 nitrogen and oxygen atoms in total. The number of hydrogen-bond donors (Lipinski definition) is 0. The van der Waals surface area contributed by atoms with E-state index >= 15 is 0 Å². The van der Waals surface area contributed by atoms with Crippen LogP contribution in [0.5, 0.6) is 23.0 Å². The quantitative estimate of drug-likeness (QED) is 0.350. The number of likely N-dealkylation sites (tertiary alicyclic amines) is 1. The number of ether oxygens (including phenoxy) is 3. The zero-order valence-corrected chi connectivity index (χ0v) is 22.3. The molecule has 0 radical (unpaired) electrons. The van der Waals surface area contributed by atoms with E-state index in [2.05, 4.69) is 63.8 Å². The Morgan fingerprint density at radius 3 is 2.47 bits per heavy atom. The first-order chi connectivity index (χ1) is 17.4. The Bertz CT molecular complexity index is 1230. The van der Waals surface area contributed by atoms with Crippen molar-refractivity contribution in [3.8, 4) is 34.3 Å². The number of aromatic nitrogens is 1. The standard InChI is InChI=1S/C31H38N2O3/c1-6-22-10-8-11-23(7-2)30(22)26-17-28(36-24-12-13-27-29(16-24)35-20-34-27)25(21(3)32-26)18-33-15-9-14-31(4,5)19-33/h8,10-13,16-17H,6-7,9,14-15,18-20H2,1-5H3. The minimum Gasteiger partial charge on any atom is -0.457 e. The van der Waals surface area contributed by atoms with Crippen LogP contribution in [0.25, 0.3) is 11.3 Å². The largest absolute Gasteiger partial charge is 0.457 e. The smallest absolute Gasteiger partial charge is 0.231 e. The minimum atomic E-state index is 0.251. The van der Waals surface area contributed by atoms with Gasteiger partial charge < -0.3 is 14.2 Å². The van der Waals surface area contributed by atoms with Crippen molar-refractivity contribution in [3.63, 3.8) is 0 Å². The number of nitrogens with zero attached hydrogens (tertiary/aromatic N) is 2. The van der Waals surface area contributed by atoms with Gasteiger partial charge in [-0.1, -0.05) is 45.9 Å². The second kappa shape index (κ2) is 10.1. The van der Waals surface area contributed by atoms with E-state index < -0.39 is 0 Å². The maximum absolute atomic E-state index is 6.62. The topological polar surface area (TPSA) is 43.8 Å². The third-order valence-corrected chi connectivity index (χ3v) is 7.48. The average molecular weight is 487 g/mol. The molecule has 36 heavy (non-hydrogen) atoms. The fourth-order valence-corrected chi connectivity index (χ4v) is 5.62. The fraction of sp³-hybridized carbons (Fsp3) is 0.452. The van der Waals surface area contributed by atoms with Crippen LogP contribution in [-0.4, -0.2) is 29.8 Å². The van der Waals surface area contributed by atoms with Crippen molar-refractivity contribution >= 4 is 0 Å². The maximum Gasteiger partial charge on any atom is 0.231 e. The molecule has 0 aliphatic carbocycles. The molecule has 1 fully saturated rings. The summed E-state index contributed by atoms with van der Waals surface area (Å²) in [5, 5.41) is 0. The second-order valence-corrected chi connectivity index (χ2v) is 10.8. The molecule has 0 saturated carbocycles. The zero-order chi connectivity index (χ0) is 25.3. The van der Waals surface area contributed by atoms with Gasteiger partial charge in [0.15, 0.2) is 11.5 Å². The Hall–Kier alpha value is -3.05. The van der Waals surface area contributed by atoms with Crippen molar-refractivity contribution in [2.75, 3.05) is 19.9 Å². The Labute approximate surface area is 215 Å². The van der Waals surface area contributed by atoms with E-state index in [-0.39, 0.29) is 6.79 Å². The molecule has 2 aliphatic heterocycles. The summed E-state index contributed by atoms with van der Waals surface area (Å²) in [5.74, 6) is 3.10. The van der Waals surface area contributed by atoms with Crippen LogP contribution in [0.4, 0.5) is 0 Å². The van der Waals surface area contributed by atoms with Gasteiger partial charge in [0.25, 0.3) is 0 Å². The normalized spacial score (nSPS) is 16.8. The number of fused-ring (bicyclic) bond motifs is 1. The number of benzene rings is 2. The van der Waals surface area contributed by atoms with Crippen LogP contribution >= 0.6 is 0 Å². The number of hydrogen-bond acceptors (Lipinski definition) is 5. The summed E-state index contributed by atoms with van der Waals surface area (Å²) >= 11 is 0. The molecular formula is C31H38N2O3. The van der Waals surface area contributed by atoms with Crippen molar-refractivity contribution in [1.82, 2.24) is 9.88 Å². The third-order valence-electron chi connectivity index (χ3n) is 7.48. The Morgan fingerprint density at radius 1 is 1.00 bits per heavy atom. The van der Waals surface area contributed by atoms with Gasteiger partial charge in [-0.3, -0.25) is 9.88 Å². The second-order valence-electron chi connectivity index (χ2n) is 10.8. The SMILES string of the molecule is CCc1cccc(CC)c1-c1cc(Oc2ccc3c(c2)OCO3)c(CN2CCCC(C)(C)C2)c(C)n1.